The van der Waals surface area contributed by atoms with Gasteiger partial charge in [-0.3, -0.25) is 9.59 Å². The minimum Gasteiger partial charge on any atom is -0.378 e. The lowest BCUT2D eigenvalue weighted by Gasteiger charge is -2.33. The summed E-state index contributed by atoms with van der Waals surface area (Å²) < 4.78 is 0. The van der Waals surface area contributed by atoms with Crippen molar-refractivity contribution in [3.05, 3.63) is 140 Å². The highest BCUT2D eigenvalue weighted by Gasteiger charge is 2.41. The third kappa shape index (κ3) is 3.65. The van der Waals surface area contributed by atoms with Crippen molar-refractivity contribution in [1.82, 2.24) is 5.32 Å². The quantitative estimate of drug-likeness (QED) is 0.220. The Morgan fingerprint density at radius 2 is 1.38 bits per heavy atom. The van der Waals surface area contributed by atoms with Gasteiger partial charge in [0.2, 0.25) is 0 Å². The second-order valence-electron chi connectivity index (χ2n) is 10.6. The second-order valence-corrected chi connectivity index (χ2v) is 11.6. The molecule has 0 atom stereocenters. The Kier molecular flexibility index (Phi) is 5.32. The molecule has 0 radical (unpaired) electrons. The van der Waals surface area contributed by atoms with Crippen LogP contribution in [0.5, 0.6) is 0 Å². The molecule has 2 heterocycles. The van der Waals surface area contributed by atoms with E-state index in [0.29, 0.717) is 17.7 Å². The van der Waals surface area contributed by atoms with Gasteiger partial charge in [0.15, 0.2) is 11.6 Å². The van der Waals surface area contributed by atoms with Crippen LogP contribution in [0.3, 0.4) is 0 Å². The average molecular weight is 527 g/mol. The number of dihydropyridines is 1. The maximum Gasteiger partial charge on any atom is 0.197 e. The molecule has 4 aromatic rings. The van der Waals surface area contributed by atoms with E-state index in [1.165, 1.54) is 21.7 Å². The predicted molar refractivity (Wildman–Crippen MR) is 158 cm³/mol. The van der Waals surface area contributed by atoms with E-state index >= 15 is 0 Å². The molecular formula is C34H26N2O2S. The number of anilines is 2. The third-order valence-corrected chi connectivity index (χ3v) is 8.96. The molecule has 0 unspecified atom stereocenters. The van der Waals surface area contributed by atoms with Gasteiger partial charge in [-0.15, -0.1) is 11.3 Å². The van der Waals surface area contributed by atoms with Crippen molar-refractivity contribution in [2.24, 2.45) is 0 Å². The number of ketones is 2. The fourth-order valence-corrected chi connectivity index (χ4v) is 7.16. The molecule has 1 aromatic heterocycles. The largest absolute Gasteiger partial charge is 0.378 e. The van der Waals surface area contributed by atoms with Gasteiger partial charge in [-0.2, -0.15) is 0 Å². The molecule has 1 N–H and O–H groups in total. The minimum absolute atomic E-state index is 0.186. The Bertz CT molecular complexity index is 1680. The Balaban J connectivity index is 1.28. The highest BCUT2D eigenvalue weighted by atomic mass is 32.1. The number of nitrogens with one attached hydrogen (secondary N) is 1. The molecule has 0 bridgehead atoms. The van der Waals surface area contributed by atoms with E-state index in [9.17, 15) is 9.59 Å². The van der Waals surface area contributed by atoms with E-state index < -0.39 is 0 Å². The highest BCUT2D eigenvalue weighted by Crippen LogP contribution is 2.51. The lowest BCUT2D eigenvalue weighted by Crippen LogP contribution is -2.30. The van der Waals surface area contributed by atoms with Crippen LogP contribution in [0.1, 0.15) is 49.9 Å². The van der Waals surface area contributed by atoms with Crippen LogP contribution in [0.25, 0.3) is 11.8 Å². The van der Waals surface area contributed by atoms with Crippen molar-refractivity contribution < 1.29 is 9.59 Å². The first-order valence-corrected chi connectivity index (χ1v) is 13.9. The number of benzene rings is 3. The van der Waals surface area contributed by atoms with Gasteiger partial charge in [0.25, 0.3) is 0 Å². The Hall–Kier alpha value is -4.48. The number of carbonyl (C=O) groups is 2. The summed E-state index contributed by atoms with van der Waals surface area (Å²) in [5, 5.41) is 3.73. The Morgan fingerprint density at radius 3 is 1.97 bits per heavy atom. The molecule has 7 rings (SSSR count). The van der Waals surface area contributed by atoms with Crippen LogP contribution < -0.4 is 10.2 Å². The molecule has 2 aliphatic carbocycles. The van der Waals surface area contributed by atoms with Gasteiger partial charge in [0.1, 0.15) is 0 Å². The molecule has 0 saturated carbocycles. The number of rotatable bonds is 4. The molecule has 3 aromatic carbocycles. The maximum atomic E-state index is 13.0. The van der Waals surface area contributed by atoms with E-state index in [1.54, 1.807) is 41.7 Å². The van der Waals surface area contributed by atoms with Crippen LogP contribution in [0.2, 0.25) is 0 Å². The number of Topliss-reactive ketones (excluding diaryl/α,β-unsaturated/α-hetero) is 2. The minimum atomic E-state index is -0.234. The fraction of sp³-hybridized carbons (Fsp3) is 0.118. The normalized spacial score (nSPS) is 16.9. The van der Waals surface area contributed by atoms with Crippen LogP contribution in [0.15, 0.2) is 114 Å². The van der Waals surface area contributed by atoms with Crippen LogP contribution in [0.4, 0.5) is 11.4 Å². The highest BCUT2D eigenvalue weighted by molar-refractivity contribution is 7.14. The zero-order valence-electron chi connectivity index (χ0n) is 21.7. The first-order chi connectivity index (χ1) is 18.9. The molecule has 39 heavy (non-hydrogen) atoms. The monoisotopic (exact) mass is 526 g/mol. The molecule has 1 aliphatic heterocycles. The number of para-hydroxylation sites is 2. The van der Waals surface area contributed by atoms with Crippen molar-refractivity contribution in [1.29, 1.82) is 0 Å². The van der Waals surface area contributed by atoms with Crippen molar-refractivity contribution in [3.8, 4) is 0 Å². The number of nitrogens with zero attached hydrogens (tertiary/aromatic N) is 1. The summed E-state index contributed by atoms with van der Waals surface area (Å²) in [7, 11) is 0. The standard InChI is InChI=1S/C34H26N2O2S/c1-34(2)28-17-23(36(21-11-5-3-6-12-21)22-13-7-4-8-14-22)20-35-30(28)33-29(34)19-24(39-33)18-27-31(37)25-15-9-10-16-26(25)32(27)38/h3-19,35H,20H2,1-2H3. The zero-order valence-corrected chi connectivity index (χ0v) is 22.5. The van der Waals surface area contributed by atoms with Crippen LogP contribution in [0, 0.1) is 0 Å². The number of allylic oxidation sites excluding steroid dienone is 3. The van der Waals surface area contributed by atoms with Gasteiger partial charge in [0, 0.05) is 38.5 Å². The van der Waals surface area contributed by atoms with E-state index in [0.717, 1.165) is 21.9 Å². The van der Waals surface area contributed by atoms with Gasteiger partial charge >= 0.3 is 0 Å². The number of hydrogen-bond acceptors (Lipinski definition) is 5. The molecule has 0 fully saturated rings. The molecule has 4 nitrogen and oxygen atoms in total. The summed E-state index contributed by atoms with van der Waals surface area (Å²) in [6.45, 7) is 5.17. The van der Waals surface area contributed by atoms with E-state index in [-0.39, 0.29) is 22.6 Å². The van der Waals surface area contributed by atoms with Gasteiger partial charge in [-0.25, -0.2) is 0 Å². The lowest BCUT2D eigenvalue weighted by atomic mass is 9.81. The fourth-order valence-electron chi connectivity index (χ4n) is 5.86. The van der Waals surface area contributed by atoms with Crippen molar-refractivity contribution in [3.63, 3.8) is 0 Å². The van der Waals surface area contributed by atoms with Gasteiger partial charge < -0.3 is 10.2 Å². The summed E-state index contributed by atoms with van der Waals surface area (Å²) >= 11 is 1.64. The first kappa shape index (κ1) is 23.6. The number of hydrogen-bond donors (Lipinski definition) is 1. The Labute approximate surface area is 231 Å². The number of thiophene rings is 1. The molecular weight excluding hydrogens is 500 g/mol. The summed E-state index contributed by atoms with van der Waals surface area (Å²) in [4.78, 5) is 30.3. The number of carbonyl (C=O) groups excluding carboxylic acids is 2. The molecule has 5 heteroatoms. The third-order valence-electron chi connectivity index (χ3n) is 7.86. The van der Waals surface area contributed by atoms with Crippen LogP contribution >= 0.6 is 11.3 Å². The number of fused-ring (bicyclic) bond motifs is 3. The van der Waals surface area contributed by atoms with Crippen LogP contribution in [-0.4, -0.2) is 18.1 Å². The van der Waals surface area contributed by atoms with Crippen molar-refractivity contribution >= 4 is 46.1 Å². The van der Waals surface area contributed by atoms with Gasteiger partial charge in [0.05, 0.1) is 22.7 Å². The molecule has 0 amide bonds. The SMILES string of the molecule is CC1(C)C2=C(NCC(N(c3ccccc3)c3ccccc3)=C2)c2sc(C=C3C(=O)c4ccccc4C3=O)cc21. The summed E-state index contributed by atoms with van der Waals surface area (Å²) in [5.41, 5.74) is 8.04. The zero-order chi connectivity index (χ0) is 26.7. The molecule has 0 saturated heterocycles. The van der Waals surface area contributed by atoms with Crippen molar-refractivity contribution in [2.75, 3.05) is 11.4 Å². The van der Waals surface area contributed by atoms with Crippen molar-refractivity contribution in [2.45, 2.75) is 19.3 Å². The summed E-state index contributed by atoms with van der Waals surface area (Å²) in [6, 6.07) is 30.1. The molecule has 3 aliphatic rings. The smallest absolute Gasteiger partial charge is 0.197 e. The average Bonchev–Trinajstić information content (AvgIpc) is 3.56. The Morgan fingerprint density at radius 1 is 0.821 bits per heavy atom. The molecule has 190 valence electrons. The van der Waals surface area contributed by atoms with E-state index in [2.05, 4.69) is 84.7 Å². The van der Waals surface area contributed by atoms with Gasteiger partial charge in [-0.1, -0.05) is 74.5 Å². The van der Waals surface area contributed by atoms with E-state index in [1.807, 2.05) is 12.1 Å². The summed E-state index contributed by atoms with van der Waals surface area (Å²) in [5.74, 6) is -0.373. The maximum absolute atomic E-state index is 13.0. The topological polar surface area (TPSA) is 49.4 Å². The molecule has 0 spiro atoms. The van der Waals surface area contributed by atoms with E-state index in [4.69, 9.17) is 0 Å². The second kappa shape index (κ2) is 8.79. The predicted octanol–water partition coefficient (Wildman–Crippen LogP) is 7.54. The van der Waals surface area contributed by atoms with Crippen LogP contribution in [-0.2, 0) is 5.41 Å². The lowest BCUT2D eigenvalue weighted by molar-refractivity contribution is 0.0990. The first-order valence-electron chi connectivity index (χ1n) is 13.1. The van der Waals surface area contributed by atoms with Gasteiger partial charge in [-0.05, 0) is 53.6 Å². The summed E-state index contributed by atoms with van der Waals surface area (Å²) in [6.07, 6.45) is 4.11.